The van der Waals surface area contributed by atoms with Crippen LogP contribution in [0, 0.1) is 11.8 Å². The lowest BCUT2D eigenvalue weighted by atomic mass is 9.78. The van der Waals surface area contributed by atoms with Crippen molar-refractivity contribution >= 4 is 39.4 Å². The van der Waals surface area contributed by atoms with E-state index in [9.17, 15) is 4.79 Å². The molecule has 5 rings (SSSR count). The van der Waals surface area contributed by atoms with Gasteiger partial charge < -0.3 is 19.7 Å². The number of carbonyl (C=O) groups excluding carboxylic acids is 1. The Balaban J connectivity index is 1.11. The van der Waals surface area contributed by atoms with Crippen molar-refractivity contribution in [2.75, 3.05) is 58.4 Å². The van der Waals surface area contributed by atoms with Gasteiger partial charge in [0, 0.05) is 56.8 Å². The monoisotopic (exact) mass is 534 g/mol. The van der Waals surface area contributed by atoms with Gasteiger partial charge in [0.15, 0.2) is 0 Å². The maximum atomic E-state index is 12.6. The Labute approximate surface area is 229 Å². The smallest absolute Gasteiger partial charge is 0.244 e. The number of ether oxygens (including phenoxy) is 2. The van der Waals surface area contributed by atoms with Crippen molar-refractivity contribution in [1.29, 1.82) is 0 Å². The number of nitrogens with one attached hydrogen (secondary N) is 1. The van der Waals surface area contributed by atoms with Gasteiger partial charge in [-0.25, -0.2) is 0 Å². The fourth-order valence-corrected chi connectivity index (χ4v) is 6.55. The van der Waals surface area contributed by atoms with Crippen molar-refractivity contribution in [3.8, 4) is 11.5 Å². The van der Waals surface area contributed by atoms with Crippen LogP contribution in [0.3, 0.4) is 0 Å². The van der Waals surface area contributed by atoms with Crippen LogP contribution in [-0.4, -0.2) is 68.7 Å². The van der Waals surface area contributed by atoms with Gasteiger partial charge in [0.25, 0.3) is 0 Å². The maximum absolute atomic E-state index is 12.6. The van der Waals surface area contributed by atoms with Crippen LogP contribution in [0.1, 0.15) is 31.2 Å². The first-order valence-electron chi connectivity index (χ1n) is 13.6. The second kappa shape index (κ2) is 12.6. The van der Waals surface area contributed by atoms with Gasteiger partial charge in [-0.15, -0.1) is 0 Å². The number of methoxy groups -OCH3 is 2. The topological polar surface area (TPSA) is 66.9 Å². The molecule has 38 heavy (non-hydrogen) atoms. The van der Waals surface area contributed by atoms with Gasteiger partial charge in [-0.1, -0.05) is 25.0 Å². The third-order valence-electron chi connectivity index (χ3n) is 7.93. The van der Waals surface area contributed by atoms with E-state index in [0.29, 0.717) is 23.3 Å². The van der Waals surface area contributed by atoms with Crippen molar-refractivity contribution in [1.82, 2.24) is 14.6 Å². The molecule has 1 aliphatic heterocycles. The minimum absolute atomic E-state index is 0.0554. The van der Waals surface area contributed by atoms with E-state index in [1.54, 1.807) is 31.8 Å². The van der Waals surface area contributed by atoms with Gasteiger partial charge >= 0.3 is 0 Å². The number of aromatic nitrogens is 1. The molecule has 202 valence electrons. The molecule has 1 N–H and O–H groups in total. The number of hydrogen-bond acceptors (Lipinski definition) is 7. The molecule has 1 amide bonds. The van der Waals surface area contributed by atoms with Gasteiger partial charge in [0.1, 0.15) is 17.3 Å². The molecule has 3 aromatic rings. The number of rotatable bonds is 9. The van der Waals surface area contributed by atoms with E-state index in [4.69, 9.17) is 13.8 Å². The number of piperazine rings is 1. The van der Waals surface area contributed by atoms with Gasteiger partial charge in [-0.2, -0.15) is 4.37 Å². The van der Waals surface area contributed by atoms with Crippen LogP contribution >= 0.6 is 11.5 Å². The molecular weight excluding hydrogens is 496 g/mol. The number of amides is 1. The summed E-state index contributed by atoms with van der Waals surface area (Å²) in [6.45, 7) is 6.01. The summed E-state index contributed by atoms with van der Waals surface area (Å²) in [5, 5.41) is 4.44. The molecule has 2 aliphatic rings. The summed E-state index contributed by atoms with van der Waals surface area (Å²) in [4.78, 5) is 17.7. The Kier molecular flexibility index (Phi) is 8.81. The molecule has 2 aromatic carbocycles. The molecule has 0 radical (unpaired) electrons. The third-order valence-corrected chi connectivity index (χ3v) is 8.75. The predicted octanol–water partition coefficient (Wildman–Crippen LogP) is 5.07. The molecule has 1 aromatic heterocycles. The molecule has 1 saturated carbocycles. The molecule has 0 spiro atoms. The van der Waals surface area contributed by atoms with Gasteiger partial charge in [0.2, 0.25) is 5.91 Å². The SMILES string of the molecule is COc1cc(C=CC(=O)NC[C@H]2CCCC[C@@H]2CN2CCN(c3nsc4ccccc34)CC2)cc(OC)c1. The minimum Gasteiger partial charge on any atom is -0.497 e. The summed E-state index contributed by atoms with van der Waals surface area (Å²) in [5.74, 6) is 3.65. The number of fused-ring (bicyclic) bond motifs is 1. The van der Waals surface area contributed by atoms with E-state index in [1.807, 2.05) is 24.3 Å². The Bertz CT molecular complexity index is 1230. The largest absolute Gasteiger partial charge is 0.497 e. The van der Waals surface area contributed by atoms with Gasteiger partial charge in [-0.05, 0) is 72.1 Å². The summed E-state index contributed by atoms with van der Waals surface area (Å²) in [6, 6.07) is 14.1. The molecule has 2 heterocycles. The highest BCUT2D eigenvalue weighted by atomic mass is 32.1. The summed E-state index contributed by atoms with van der Waals surface area (Å²) < 4.78 is 16.7. The van der Waals surface area contributed by atoms with Crippen LogP contribution in [-0.2, 0) is 4.79 Å². The Morgan fingerprint density at radius 2 is 1.74 bits per heavy atom. The minimum atomic E-state index is -0.0554. The molecule has 8 heteroatoms. The summed E-state index contributed by atoms with van der Waals surface area (Å²) in [5.41, 5.74) is 0.872. The highest BCUT2D eigenvalue weighted by molar-refractivity contribution is 7.13. The van der Waals surface area contributed by atoms with Crippen molar-refractivity contribution in [3.05, 3.63) is 54.1 Å². The number of carbonyl (C=O) groups is 1. The highest BCUT2D eigenvalue weighted by Crippen LogP contribution is 2.32. The first-order valence-corrected chi connectivity index (χ1v) is 14.4. The zero-order chi connectivity index (χ0) is 26.3. The fourth-order valence-electron chi connectivity index (χ4n) is 5.76. The van der Waals surface area contributed by atoms with Crippen molar-refractivity contribution < 1.29 is 14.3 Å². The molecule has 1 aliphatic carbocycles. The molecule has 0 unspecified atom stereocenters. The number of anilines is 1. The van der Waals surface area contributed by atoms with E-state index in [-0.39, 0.29) is 5.91 Å². The second-order valence-electron chi connectivity index (χ2n) is 10.3. The van der Waals surface area contributed by atoms with E-state index >= 15 is 0 Å². The standard InChI is InChI=1S/C30H38N4O3S/c1-36-25-17-22(18-26(19-25)37-2)11-12-29(35)31-20-23-7-3-4-8-24(23)21-33-13-15-34(16-14-33)30-27-9-5-6-10-28(27)38-32-30/h5-6,9-12,17-19,23-24H,3-4,7-8,13-16,20-21H2,1-2H3,(H,31,35)/t23-,24-/m1/s1. The Hall–Kier alpha value is -3.10. The van der Waals surface area contributed by atoms with Crippen LogP contribution in [0.4, 0.5) is 5.82 Å². The van der Waals surface area contributed by atoms with Crippen LogP contribution < -0.4 is 19.7 Å². The van der Waals surface area contributed by atoms with Crippen molar-refractivity contribution in [2.24, 2.45) is 11.8 Å². The Morgan fingerprint density at radius 3 is 2.47 bits per heavy atom. The van der Waals surface area contributed by atoms with Gasteiger partial charge in [0.05, 0.1) is 18.9 Å². The molecule has 1 saturated heterocycles. The molecule has 0 bridgehead atoms. The first-order chi connectivity index (χ1) is 18.6. The Morgan fingerprint density at radius 1 is 1.03 bits per heavy atom. The molecule has 2 fully saturated rings. The summed E-state index contributed by atoms with van der Waals surface area (Å²) >= 11 is 1.59. The zero-order valence-electron chi connectivity index (χ0n) is 22.4. The predicted molar refractivity (Wildman–Crippen MR) is 155 cm³/mol. The molecule has 2 atom stereocenters. The zero-order valence-corrected chi connectivity index (χ0v) is 23.2. The van der Waals surface area contributed by atoms with Crippen LogP contribution in [0.5, 0.6) is 11.5 Å². The van der Waals surface area contributed by atoms with Crippen molar-refractivity contribution in [3.63, 3.8) is 0 Å². The average molecular weight is 535 g/mol. The lowest BCUT2D eigenvalue weighted by Gasteiger charge is -2.40. The molecule has 7 nitrogen and oxygen atoms in total. The number of nitrogens with zero attached hydrogens (tertiary/aromatic N) is 3. The summed E-state index contributed by atoms with van der Waals surface area (Å²) in [6.07, 6.45) is 8.39. The van der Waals surface area contributed by atoms with Gasteiger partial charge in [-0.3, -0.25) is 9.69 Å². The number of benzene rings is 2. The van der Waals surface area contributed by atoms with Crippen molar-refractivity contribution in [2.45, 2.75) is 25.7 Å². The summed E-state index contributed by atoms with van der Waals surface area (Å²) in [7, 11) is 3.25. The third kappa shape index (κ3) is 6.48. The fraction of sp³-hybridized carbons (Fsp3) is 0.467. The maximum Gasteiger partial charge on any atom is 0.244 e. The van der Waals surface area contributed by atoms with Crippen LogP contribution in [0.25, 0.3) is 16.2 Å². The van der Waals surface area contributed by atoms with Crippen LogP contribution in [0.2, 0.25) is 0 Å². The first kappa shape index (κ1) is 26.5. The number of hydrogen-bond donors (Lipinski definition) is 1. The normalized spacial score (nSPS) is 20.6. The van der Waals surface area contributed by atoms with E-state index in [2.05, 4.69) is 39.4 Å². The average Bonchev–Trinajstić information content (AvgIpc) is 3.40. The van der Waals surface area contributed by atoms with E-state index < -0.39 is 0 Å². The lowest BCUT2D eigenvalue weighted by molar-refractivity contribution is -0.116. The second-order valence-corrected chi connectivity index (χ2v) is 11.1. The molecular formula is C30H38N4O3S. The lowest BCUT2D eigenvalue weighted by Crippen LogP contribution is -2.49. The highest BCUT2D eigenvalue weighted by Gasteiger charge is 2.29. The van der Waals surface area contributed by atoms with E-state index in [0.717, 1.165) is 50.6 Å². The quantitative estimate of drug-likeness (QED) is 0.387. The van der Waals surface area contributed by atoms with Crippen LogP contribution in [0.15, 0.2) is 48.5 Å². The van der Waals surface area contributed by atoms with E-state index in [1.165, 1.54) is 35.8 Å².